The second kappa shape index (κ2) is 7.88. The molecule has 1 aromatic heterocycles. The standard InChI is InChI=1S/C15H14ClNO3.ClH/c1-2-7-17-9-11-4-6-14(20-11)12-8-10(15(18)19)3-5-13(12)16;/h2-6,8,17H,1,7,9H2,(H,18,19);1H. The lowest BCUT2D eigenvalue weighted by Crippen LogP contribution is -2.11. The van der Waals surface area contributed by atoms with Crippen LogP contribution in [0.5, 0.6) is 0 Å². The zero-order chi connectivity index (χ0) is 14.5. The first-order valence-corrected chi connectivity index (χ1v) is 6.43. The molecule has 0 saturated carbocycles. The van der Waals surface area contributed by atoms with Crippen LogP contribution in [0.1, 0.15) is 16.1 Å². The predicted octanol–water partition coefficient (Wildman–Crippen LogP) is 4.00. The fraction of sp³-hybridized carbons (Fsp3) is 0.133. The first-order chi connectivity index (χ1) is 9.61. The van der Waals surface area contributed by atoms with Gasteiger partial charge in [-0.15, -0.1) is 19.0 Å². The molecule has 0 aliphatic carbocycles. The maximum absolute atomic E-state index is 11.0. The van der Waals surface area contributed by atoms with Gasteiger partial charge in [0.1, 0.15) is 11.5 Å². The third-order valence-corrected chi connectivity index (χ3v) is 3.06. The molecule has 0 fully saturated rings. The molecule has 1 heterocycles. The highest BCUT2D eigenvalue weighted by molar-refractivity contribution is 6.33. The summed E-state index contributed by atoms with van der Waals surface area (Å²) in [5.41, 5.74) is 0.744. The third kappa shape index (κ3) is 4.36. The highest BCUT2D eigenvalue weighted by atomic mass is 35.5. The van der Waals surface area contributed by atoms with Crippen molar-refractivity contribution in [2.75, 3.05) is 6.54 Å². The van der Waals surface area contributed by atoms with Gasteiger partial charge in [-0.1, -0.05) is 17.7 Å². The van der Waals surface area contributed by atoms with Crippen molar-refractivity contribution in [3.05, 3.63) is 59.3 Å². The summed E-state index contributed by atoms with van der Waals surface area (Å²) in [5.74, 6) is 0.300. The van der Waals surface area contributed by atoms with Crippen molar-refractivity contribution in [2.45, 2.75) is 6.54 Å². The number of aromatic carboxylic acids is 1. The van der Waals surface area contributed by atoms with Crippen LogP contribution >= 0.6 is 24.0 Å². The molecule has 0 aliphatic heterocycles. The number of carboxylic acids is 1. The number of nitrogens with one attached hydrogen (secondary N) is 1. The minimum absolute atomic E-state index is 0. The molecule has 0 unspecified atom stereocenters. The van der Waals surface area contributed by atoms with Gasteiger partial charge in [0.05, 0.1) is 17.1 Å². The van der Waals surface area contributed by atoms with Gasteiger partial charge in [-0.25, -0.2) is 4.79 Å². The van der Waals surface area contributed by atoms with Crippen molar-refractivity contribution >= 4 is 30.0 Å². The molecule has 0 amide bonds. The highest BCUT2D eigenvalue weighted by Gasteiger charge is 2.12. The van der Waals surface area contributed by atoms with Gasteiger partial charge in [0, 0.05) is 12.1 Å². The monoisotopic (exact) mass is 327 g/mol. The summed E-state index contributed by atoms with van der Waals surface area (Å²) in [5, 5.41) is 12.6. The van der Waals surface area contributed by atoms with Gasteiger partial charge >= 0.3 is 5.97 Å². The Morgan fingerprint density at radius 2 is 2.14 bits per heavy atom. The molecule has 2 rings (SSSR count). The molecule has 0 aliphatic rings. The Labute approximate surface area is 133 Å². The minimum atomic E-state index is -0.998. The normalized spacial score (nSPS) is 9.95. The largest absolute Gasteiger partial charge is 0.478 e. The quantitative estimate of drug-likeness (QED) is 0.622. The van der Waals surface area contributed by atoms with E-state index in [0.717, 1.165) is 5.76 Å². The van der Waals surface area contributed by atoms with Gasteiger partial charge in [0.2, 0.25) is 0 Å². The lowest BCUT2D eigenvalue weighted by atomic mass is 10.1. The van der Waals surface area contributed by atoms with E-state index in [9.17, 15) is 4.79 Å². The molecule has 4 nitrogen and oxygen atoms in total. The number of rotatable bonds is 6. The van der Waals surface area contributed by atoms with Crippen LogP contribution in [0, 0.1) is 0 Å². The maximum Gasteiger partial charge on any atom is 0.335 e. The molecule has 6 heteroatoms. The molecule has 0 radical (unpaired) electrons. The predicted molar refractivity (Wildman–Crippen MR) is 85.3 cm³/mol. The van der Waals surface area contributed by atoms with Gasteiger partial charge in [0.15, 0.2) is 0 Å². The van der Waals surface area contributed by atoms with Crippen LogP contribution in [0.4, 0.5) is 0 Å². The Kier molecular flexibility index (Phi) is 6.49. The zero-order valence-corrected chi connectivity index (χ0v) is 12.7. The van der Waals surface area contributed by atoms with Gasteiger partial charge in [0.25, 0.3) is 0 Å². The number of halogens is 2. The van der Waals surface area contributed by atoms with Gasteiger partial charge < -0.3 is 14.8 Å². The van der Waals surface area contributed by atoms with Crippen LogP contribution in [0.2, 0.25) is 5.02 Å². The summed E-state index contributed by atoms with van der Waals surface area (Å²) in [6, 6.07) is 8.12. The number of benzene rings is 1. The summed E-state index contributed by atoms with van der Waals surface area (Å²) >= 11 is 6.09. The van der Waals surface area contributed by atoms with Crippen molar-refractivity contribution in [1.82, 2.24) is 5.32 Å². The van der Waals surface area contributed by atoms with Crippen molar-refractivity contribution in [2.24, 2.45) is 0 Å². The molecule has 112 valence electrons. The minimum Gasteiger partial charge on any atom is -0.478 e. The molecule has 0 atom stereocenters. The van der Waals surface area contributed by atoms with Crippen molar-refractivity contribution in [3.63, 3.8) is 0 Å². The number of hydrogen-bond acceptors (Lipinski definition) is 3. The molecular weight excluding hydrogens is 313 g/mol. The smallest absolute Gasteiger partial charge is 0.335 e. The molecule has 2 aromatic rings. The van der Waals surface area contributed by atoms with Crippen molar-refractivity contribution < 1.29 is 14.3 Å². The Bertz CT molecular complexity index is 638. The van der Waals surface area contributed by atoms with Crippen LogP contribution in [0.3, 0.4) is 0 Å². The van der Waals surface area contributed by atoms with E-state index >= 15 is 0 Å². The van der Waals surface area contributed by atoms with Crippen molar-refractivity contribution in [1.29, 1.82) is 0 Å². The van der Waals surface area contributed by atoms with E-state index < -0.39 is 5.97 Å². The summed E-state index contributed by atoms with van der Waals surface area (Å²) < 4.78 is 5.66. The maximum atomic E-state index is 11.0. The van der Waals surface area contributed by atoms with Crippen molar-refractivity contribution in [3.8, 4) is 11.3 Å². The second-order valence-electron chi connectivity index (χ2n) is 4.19. The van der Waals surface area contributed by atoms with E-state index in [-0.39, 0.29) is 18.0 Å². The van der Waals surface area contributed by atoms with Crippen LogP contribution in [-0.4, -0.2) is 17.6 Å². The van der Waals surface area contributed by atoms with E-state index in [1.165, 1.54) is 12.1 Å². The van der Waals surface area contributed by atoms with E-state index in [1.54, 1.807) is 18.2 Å². The summed E-state index contributed by atoms with van der Waals surface area (Å²) in [4.78, 5) is 11.0. The van der Waals surface area contributed by atoms with Gasteiger partial charge in [-0.3, -0.25) is 0 Å². The first kappa shape index (κ1) is 17.3. The van der Waals surface area contributed by atoms with Gasteiger partial charge in [-0.2, -0.15) is 0 Å². The Balaban J connectivity index is 0.00000220. The first-order valence-electron chi connectivity index (χ1n) is 6.05. The summed E-state index contributed by atoms with van der Waals surface area (Å²) in [6.45, 7) is 4.87. The van der Waals surface area contributed by atoms with Gasteiger partial charge in [-0.05, 0) is 30.3 Å². The second-order valence-corrected chi connectivity index (χ2v) is 4.59. The lowest BCUT2D eigenvalue weighted by Gasteiger charge is -2.03. The molecule has 0 saturated heterocycles. The zero-order valence-electron chi connectivity index (χ0n) is 11.1. The average Bonchev–Trinajstić information content (AvgIpc) is 2.88. The van der Waals surface area contributed by atoms with E-state index in [2.05, 4.69) is 11.9 Å². The van der Waals surface area contributed by atoms with Crippen LogP contribution < -0.4 is 5.32 Å². The molecule has 21 heavy (non-hydrogen) atoms. The Hall–Kier alpha value is -1.75. The number of carbonyl (C=O) groups is 1. The topological polar surface area (TPSA) is 62.5 Å². The highest BCUT2D eigenvalue weighted by Crippen LogP contribution is 2.30. The summed E-state index contributed by atoms with van der Waals surface area (Å²) in [7, 11) is 0. The van der Waals surface area contributed by atoms with E-state index in [1.807, 2.05) is 6.07 Å². The molecule has 1 aromatic carbocycles. The fourth-order valence-corrected chi connectivity index (χ4v) is 1.97. The average molecular weight is 328 g/mol. The Morgan fingerprint density at radius 1 is 1.38 bits per heavy atom. The molecule has 0 bridgehead atoms. The lowest BCUT2D eigenvalue weighted by molar-refractivity contribution is 0.0697. The molecule has 0 spiro atoms. The van der Waals surface area contributed by atoms with E-state index in [0.29, 0.717) is 29.4 Å². The number of furan rings is 1. The number of hydrogen-bond donors (Lipinski definition) is 2. The Morgan fingerprint density at radius 3 is 2.81 bits per heavy atom. The number of carboxylic acid groups (broad SMARTS) is 1. The molecule has 2 N–H and O–H groups in total. The summed E-state index contributed by atoms with van der Waals surface area (Å²) in [6.07, 6.45) is 1.76. The van der Waals surface area contributed by atoms with Crippen LogP contribution in [-0.2, 0) is 6.54 Å². The fourth-order valence-electron chi connectivity index (χ4n) is 1.76. The van der Waals surface area contributed by atoms with E-state index in [4.69, 9.17) is 21.1 Å². The SMILES string of the molecule is C=CCNCc1ccc(-c2cc(C(=O)O)ccc2Cl)o1.Cl. The molecular formula is C15H15Cl2NO3. The van der Waals surface area contributed by atoms with Crippen LogP contribution in [0.25, 0.3) is 11.3 Å². The third-order valence-electron chi connectivity index (χ3n) is 2.73. The van der Waals surface area contributed by atoms with Crippen LogP contribution in [0.15, 0.2) is 47.4 Å².